The quantitative estimate of drug-likeness (QED) is 0.296. The molecule has 5 rings (SSSR count). The van der Waals surface area contributed by atoms with Gasteiger partial charge >= 0.3 is 0 Å². The van der Waals surface area contributed by atoms with E-state index in [0.717, 1.165) is 22.4 Å². The highest BCUT2D eigenvalue weighted by molar-refractivity contribution is 6.32. The largest absolute Gasteiger partial charge is 0.378 e. The number of carbonyl (C=O) groups excluding carboxylic acids is 1. The predicted molar refractivity (Wildman–Crippen MR) is 154 cm³/mol. The maximum Gasteiger partial charge on any atom is 0.285 e. The standard InChI is InChI=1S/C30H25ClN6O/c1-20-26(18-13-21-11-16-25(17-12-21)36(2)3)33-30(35-34-20)37-28(23-7-5-4-6-8-23)32-27(29(37)38)19-22-9-14-24(31)15-10-22/h4-19H,1-3H3/b18-13+,27-19+. The van der Waals surface area contributed by atoms with Gasteiger partial charge in [-0.3, -0.25) is 4.79 Å². The Morgan fingerprint density at radius 1 is 0.842 bits per heavy atom. The second kappa shape index (κ2) is 10.8. The minimum Gasteiger partial charge on any atom is -0.378 e. The highest BCUT2D eigenvalue weighted by Crippen LogP contribution is 2.26. The molecular weight excluding hydrogens is 496 g/mol. The second-order valence-electron chi connectivity index (χ2n) is 8.92. The van der Waals surface area contributed by atoms with Gasteiger partial charge in [-0.2, -0.15) is 0 Å². The summed E-state index contributed by atoms with van der Waals surface area (Å²) in [6.45, 7) is 1.84. The number of aromatic nitrogens is 3. The Morgan fingerprint density at radius 3 is 2.21 bits per heavy atom. The Labute approximate surface area is 226 Å². The van der Waals surface area contributed by atoms with Crippen molar-refractivity contribution in [3.8, 4) is 0 Å². The van der Waals surface area contributed by atoms with Gasteiger partial charge in [-0.25, -0.2) is 14.9 Å². The first-order valence-corrected chi connectivity index (χ1v) is 12.4. The molecule has 188 valence electrons. The third kappa shape index (κ3) is 5.38. The summed E-state index contributed by atoms with van der Waals surface area (Å²) in [5, 5.41) is 9.19. The Balaban J connectivity index is 1.51. The average Bonchev–Trinajstić information content (AvgIpc) is 3.26. The number of hydrogen-bond acceptors (Lipinski definition) is 6. The fraction of sp³-hybridized carbons (Fsp3) is 0.100. The molecule has 0 unspecified atom stereocenters. The van der Waals surface area contributed by atoms with Gasteiger partial charge in [0, 0.05) is 30.4 Å². The highest BCUT2D eigenvalue weighted by atomic mass is 35.5. The lowest BCUT2D eigenvalue weighted by Gasteiger charge is -2.16. The van der Waals surface area contributed by atoms with Crippen molar-refractivity contribution in [2.24, 2.45) is 4.99 Å². The van der Waals surface area contributed by atoms with Gasteiger partial charge < -0.3 is 4.90 Å². The summed E-state index contributed by atoms with van der Waals surface area (Å²) in [5.41, 5.74) is 5.25. The molecule has 0 saturated heterocycles. The van der Waals surface area contributed by atoms with Gasteiger partial charge in [0.15, 0.2) is 5.84 Å². The zero-order valence-corrected chi connectivity index (χ0v) is 22.0. The molecule has 38 heavy (non-hydrogen) atoms. The Hall–Kier alpha value is -4.62. The molecule has 3 aromatic carbocycles. The van der Waals surface area contributed by atoms with Gasteiger partial charge in [-0.05, 0) is 54.5 Å². The maximum absolute atomic E-state index is 13.6. The first-order valence-electron chi connectivity index (χ1n) is 12.0. The minimum atomic E-state index is -0.335. The summed E-state index contributed by atoms with van der Waals surface area (Å²) in [7, 11) is 4.01. The molecule has 0 spiro atoms. The lowest BCUT2D eigenvalue weighted by molar-refractivity contribution is -0.113. The van der Waals surface area contributed by atoms with Crippen LogP contribution in [-0.2, 0) is 4.79 Å². The molecule has 0 bridgehead atoms. The van der Waals surface area contributed by atoms with Crippen LogP contribution in [0.1, 0.15) is 28.1 Å². The molecule has 8 heteroatoms. The number of amidine groups is 1. The normalized spacial score (nSPS) is 14.4. The number of nitrogens with zero attached hydrogens (tertiary/aromatic N) is 6. The van der Waals surface area contributed by atoms with Crippen molar-refractivity contribution in [2.45, 2.75) is 6.92 Å². The fourth-order valence-electron chi connectivity index (χ4n) is 3.89. The fourth-order valence-corrected chi connectivity index (χ4v) is 4.02. The number of carbonyl (C=O) groups is 1. The van der Waals surface area contributed by atoms with Crippen molar-refractivity contribution >= 4 is 53.2 Å². The first-order chi connectivity index (χ1) is 18.4. The second-order valence-corrected chi connectivity index (χ2v) is 9.36. The Kier molecular flexibility index (Phi) is 7.11. The molecular formula is C30H25ClN6O. The van der Waals surface area contributed by atoms with Crippen LogP contribution in [0.3, 0.4) is 0 Å². The smallest absolute Gasteiger partial charge is 0.285 e. The van der Waals surface area contributed by atoms with Crippen LogP contribution in [-0.4, -0.2) is 41.0 Å². The van der Waals surface area contributed by atoms with Crippen molar-refractivity contribution in [2.75, 3.05) is 23.9 Å². The number of amides is 1. The number of anilines is 2. The summed E-state index contributed by atoms with van der Waals surface area (Å²) in [6.07, 6.45) is 5.56. The monoisotopic (exact) mass is 520 g/mol. The van der Waals surface area contributed by atoms with E-state index in [9.17, 15) is 4.79 Å². The minimum absolute atomic E-state index is 0.158. The van der Waals surface area contributed by atoms with Crippen LogP contribution in [0.2, 0.25) is 5.02 Å². The third-order valence-corrected chi connectivity index (χ3v) is 6.24. The Bertz CT molecular complexity index is 1560. The lowest BCUT2D eigenvalue weighted by atomic mass is 10.1. The summed E-state index contributed by atoms with van der Waals surface area (Å²) in [6, 6.07) is 24.9. The van der Waals surface area contributed by atoms with Crippen molar-refractivity contribution in [3.63, 3.8) is 0 Å². The van der Waals surface area contributed by atoms with Crippen molar-refractivity contribution < 1.29 is 4.79 Å². The summed E-state index contributed by atoms with van der Waals surface area (Å²) >= 11 is 6.02. The molecule has 2 heterocycles. The van der Waals surface area contributed by atoms with Crippen molar-refractivity contribution in [1.29, 1.82) is 0 Å². The molecule has 1 amide bonds. The molecule has 0 atom stereocenters. The lowest BCUT2D eigenvalue weighted by Crippen LogP contribution is -2.34. The molecule has 0 fully saturated rings. The van der Waals surface area contributed by atoms with E-state index < -0.39 is 0 Å². The van der Waals surface area contributed by atoms with Crippen LogP contribution < -0.4 is 9.80 Å². The third-order valence-electron chi connectivity index (χ3n) is 5.99. The number of rotatable bonds is 6. The van der Waals surface area contributed by atoms with E-state index in [1.54, 1.807) is 18.2 Å². The molecule has 0 aliphatic carbocycles. The van der Waals surface area contributed by atoms with Crippen molar-refractivity contribution in [3.05, 3.63) is 118 Å². The SMILES string of the molecule is Cc1nnc(N2C(=O)/C(=C\c3ccc(Cl)cc3)N=C2c2ccccc2)nc1/C=C/c1ccc(N(C)C)cc1. The van der Waals surface area contributed by atoms with Gasteiger partial charge in [0.2, 0.25) is 0 Å². The van der Waals surface area contributed by atoms with Gasteiger partial charge in [-0.1, -0.05) is 72.3 Å². The highest BCUT2D eigenvalue weighted by Gasteiger charge is 2.35. The topological polar surface area (TPSA) is 74.6 Å². The zero-order valence-electron chi connectivity index (χ0n) is 21.2. The van der Waals surface area contributed by atoms with E-state index in [4.69, 9.17) is 16.6 Å². The molecule has 0 saturated carbocycles. The van der Waals surface area contributed by atoms with E-state index in [0.29, 0.717) is 22.2 Å². The van der Waals surface area contributed by atoms with E-state index in [-0.39, 0.29) is 17.6 Å². The van der Waals surface area contributed by atoms with E-state index in [2.05, 4.69) is 27.3 Å². The van der Waals surface area contributed by atoms with Gasteiger partial charge in [0.25, 0.3) is 11.9 Å². The number of halogens is 1. The molecule has 1 aliphatic rings. The van der Waals surface area contributed by atoms with E-state index in [1.807, 2.05) is 92.7 Å². The number of aryl methyl sites for hydroxylation is 1. The van der Waals surface area contributed by atoms with Crippen LogP contribution in [0.15, 0.2) is 89.6 Å². The maximum atomic E-state index is 13.6. The van der Waals surface area contributed by atoms with Crippen LogP contribution in [0, 0.1) is 6.92 Å². The van der Waals surface area contributed by atoms with E-state index in [1.165, 1.54) is 4.90 Å². The van der Waals surface area contributed by atoms with Gasteiger partial charge in [0.1, 0.15) is 5.70 Å². The van der Waals surface area contributed by atoms with Crippen LogP contribution in [0.5, 0.6) is 0 Å². The molecule has 0 N–H and O–H groups in total. The summed E-state index contributed by atoms with van der Waals surface area (Å²) in [5.74, 6) is 0.264. The molecule has 4 aromatic rings. The van der Waals surface area contributed by atoms with E-state index >= 15 is 0 Å². The molecule has 1 aliphatic heterocycles. The first kappa shape index (κ1) is 25.0. The number of benzene rings is 3. The van der Waals surface area contributed by atoms with Crippen molar-refractivity contribution in [1.82, 2.24) is 15.2 Å². The number of aliphatic imine (C=N–C) groups is 1. The van der Waals surface area contributed by atoms with Crippen LogP contribution in [0.25, 0.3) is 18.2 Å². The number of hydrogen-bond donors (Lipinski definition) is 0. The van der Waals surface area contributed by atoms with Gasteiger partial charge in [-0.15, -0.1) is 10.2 Å². The van der Waals surface area contributed by atoms with Crippen LogP contribution >= 0.6 is 11.6 Å². The molecule has 1 aromatic heterocycles. The molecule has 7 nitrogen and oxygen atoms in total. The summed E-state index contributed by atoms with van der Waals surface area (Å²) < 4.78 is 0. The van der Waals surface area contributed by atoms with Crippen LogP contribution in [0.4, 0.5) is 11.6 Å². The van der Waals surface area contributed by atoms with Gasteiger partial charge in [0.05, 0.1) is 11.4 Å². The average molecular weight is 521 g/mol. The summed E-state index contributed by atoms with van der Waals surface area (Å²) in [4.78, 5) is 26.4. The molecule has 0 radical (unpaired) electrons. The predicted octanol–water partition coefficient (Wildman–Crippen LogP) is 5.90. The Morgan fingerprint density at radius 2 is 1.53 bits per heavy atom. The zero-order chi connectivity index (χ0) is 26.6.